The Kier molecular flexibility index (Phi) is 99.2. The van der Waals surface area contributed by atoms with Crippen LogP contribution in [0.15, 0.2) is 36.7 Å². The summed E-state index contributed by atoms with van der Waals surface area (Å²) in [6.45, 7) is 48.8. The molecule has 0 bridgehead atoms. The number of nitrogens with zero attached hydrogens (tertiary/aromatic N) is 9. The van der Waals surface area contributed by atoms with Crippen molar-refractivity contribution in [2.24, 2.45) is 0 Å². The second kappa shape index (κ2) is 69.6. The van der Waals surface area contributed by atoms with Crippen LogP contribution in [-0.2, 0) is 0 Å². The van der Waals surface area contributed by atoms with Gasteiger partial charge >= 0.3 is 0 Å². The van der Waals surface area contributed by atoms with Gasteiger partial charge < -0.3 is 16.0 Å². The number of hydrogen-bond acceptors (Lipinski definition) is 11. The molecule has 18 radical (unpaired) electrons. The topological polar surface area (TPSA) is 144 Å². The Labute approximate surface area is 401 Å². The fraction of sp³-hybridized carbons (Fsp3) is 0.644. The first kappa shape index (κ1) is 89.8. The molecule has 3 N–H and O–H groups in total. The number of aryl methyl sites for hydroxylation is 4. The molecule has 0 saturated carbocycles. The molecule has 0 aromatic carbocycles. The molecule has 0 saturated heterocycles. The molecular formula is C45H90B6N12. The van der Waals surface area contributed by atoms with Gasteiger partial charge in [0.1, 0.15) is 28.8 Å². The van der Waals surface area contributed by atoms with Crippen molar-refractivity contribution in [3.05, 3.63) is 59.8 Å². The first-order chi connectivity index (χ1) is 27.8. The van der Waals surface area contributed by atoms with E-state index in [1.165, 1.54) is 0 Å². The highest BCUT2D eigenvalue weighted by atomic mass is 15.3. The zero-order valence-electron chi connectivity index (χ0n) is 44.7. The monoisotopic (exact) mass is 865 g/mol. The second-order valence-electron chi connectivity index (χ2n) is 9.41. The minimum absolute atomic E-state index is 0. The van der Waals surface area contributed by atoms with Crippen molar-refractivity contribution >= 4 is 84.7 Å². The number of fused-ring (bicyclic) bond motifs is 2. The van der Waals surface area contributed by atoms with Crippen LogP contribution >= 0.6 is 0 Å². The largest absolute Gasteiger partial charge is 0.370 e. The number of anilines is 3. The lowest BCUT2D eigenvalue weighted by Gasteiger charge is -2.07. The van der Waals surface area contributed by atoms with Gasteiger partial charge in [-0.15, -0.1) is 0 Å². The van der Waals surface area contributed by atoms with E-state index in [-0.39, 0.29) is 50.5 Å². The molecule has 0 spiro atoms. The molecule has 0 fully saturated rings. The predicted octanol–water partition coefficient (Wildman–Crippen LogP) is 11.2. The molecule has 0 aliphatic heterocycles. The molecule has 0 aliphatic rings. The maximum atomic E-state index is 4.42. The quantitative estimate of drug-likeness (QED) is 0.122. The summed E-state index contributed by atoms with van der Waals surface area (Å²) in [5.74, 6) is 4.75. The Bertz CT molecular complexity index is 1530. The van der Waals surface area contributed by atoms with Gasteiger partial charge in [-0.1, -0.05) is 132 Å². The Morgan fingerprint density at radius 2 is 0.905 bits per heavy atom. The Balaban J connectivity index is -0.0000000513. The first-order valence-electron chi connectivity index (χ1n) is 22.2. The van der Waals surface area contributed by atoms with Crippen LogP contribution in [0.4, 0.5) is 17.6 Å². The molecule has 0 aliphatic carbocycles. The lowest BCUT2D eigenvalue weighted by molar-refractivity contribution is 0.889. The van der Waals surface area contributed by atoms with E-state index in [1.807, 2.05) is 167 Å². The van der Waals surface area contributed by atoms with Crippen LogP contribution in [-0.4, -0.2) is 115 Å². The van der Waals surface area contributed by atoms with Crippen LogP contribution in [0.1, 0.15) is 174 Å². The van der Waals surface area contributed by atoms with Gasteiger partial charge in [-0.3, -0.25) is 4.98 Å². The third-order valence-corrected chi connectivity index (χ3v) is 5.59. The van der Waals surface area contributed by atoms with E-state index in [2.05, 4.69) is 76.7 Å². The summed E-state index contributed by atoms with van der Waals surface area (Å²) in [7, 11) is 0. The van der Waals surface area contributed by atoms with E-state index in [0.717, 1.165) is 90.4 Å². The maximum absolute atomic E-state index is 4.42. The van der Waals surface area contributed by atoms with E-state index < -0.39 is 0 Å². The normalized spacial score (nSPS) is 7.54. The molecule has 5 rings (SSSR count). The lowest BCUT2D eigenvalue weighted by Crippen LogP contribution is -2.07. The second-order valence-corrected chi connectivity index (χ2v) is 9.41. The van der Waals surface area contributed by atoms with Crippen LogP contribution in [0.2, 0.25) is 0 Å². The van der Waals surface area contributed by atoms with Crippen molar-refractivity contribution in [1.29, 1.82) is 0 Å². The highest BCUT2D eigenvalue weighted by molar-refractivity contribution is 5.84. The predicted molar refractivity (Wildman–Crippen MR) is 291 cm³/mol. The molecule has 63 heavy (non-hydrogen) atoms. The fourth-order valence-corrected chi connectivity index (χ4v) is 3.79. The lowest BCUT2D eigenvalue weighted by atomic mass is 10.3. The van der Waals surface area contributed by atoms with Gasteiger partial charge in [0.2, 0.25) is 5.95 Å². The summed E-state index contributed by atoms with van der Waals surface area (Å²) in [5, 5.41) is 13.8. The van der Waals surface area contributed by atoms with Crippen molar-refractivity contribution < 1.29 is 0 Å². The van der Waals surface area contributed by atoms with Crippen molar-refractivity contribution in [1.82, 2.24) is 44.5 Å². The molecule has 12 nitrogen and oxygen atoms in total. The Morgan fingerprint density at radius 3 is 1.37 bits per heavy atom. The van der Waals surface area contributed by atoms with E-state index in [0.29, 0.717) is 5.95 Å². The van der Waals surface area contributed by atoms with Gasteiger partial charge in [-0.05, 0) is 59.1 Å². The summed E-state index contributed by atoms with van der Waals surface area (Å²) in [4.78, 5) is 29.8. The summed E-state index contributed by atoms with van der Waals surface area (Å²) in [6, 6.07) is 7.76. The van der Waals surface area contributed by atoms with Crippen molar-refractivity contribution in [3.8, 4) is 0 Å². The molecule has 0 atom stereocenters. The van der Waals surface area contributed by atoms with Gasteiger partial charge in [0.25, 0.3) is 0 Å². The highest BCUT2D eigenvalue weighted by Gasteiger charge is 2.05. The van der Waals surface area contributed by atoms with Crippen LogP contribution in [0.3, 0.4) is 0 Å². The number of pyridine rings is 1. The van der Waals surface area contributed by atoms with E-state index >= 15 is 0 Å². The third kappa shape index (κ3) is 43.0. The molecular weight excluding hydrogens is 773 g/mol. The summed E-state index contributed by atoms with van der Waals surface area (Å²) in [5.41, 5.74) is 3.72. The van der Waals surface area contributed by atoms with E-state index in [4.69, 9.17) is 0 Å². The summed E-state index contributed by atoms with van der Waals surface area (Å²) >= 11 is 0. The fourth-order valence-electron chi connectivity index (χ4n) is 3.79. The molecule has 348 valence electrons. The zero-order valence-corrected chi connectivity index (χ0v) is 44.7. The molecule has 5 heterocycles. The summed E-state index contributed by atoms with van der Waals surface area (Å²) in [6.07, 6.45) is 6.77. The Morgan fingerprint density at radius 1 is 0.476 bits per heavy atom. The molecule has 18 heteroatoms. The summed E-state index contributed by atoms with van der Waals surface area (Å²) < 4.78 is 1.83. The van der Waals surface area contributed by atoms with Crippen molar-refractivity contribution in [2.45, 2.75) is 179 Å². The average Bonchev–Trinajstić information content (AvgIpc) is 3.77. The standard InChI is InChI=1S/C11H14N4.C10H14N4.C8H14N4.8C2H6.6B/c1-3-6-13-11-10-9(5-4-7-12-10)14-8(2)15-11;1-3-5-11-9-7-8(2)14-10(13-9)4-6-12-14;1-4-5-9-8-11-6(2)10-7(3)12-8;8*1-2;;;;;;/h4-5,7H,3,6H2,1-2H3,(H,13,14,15);4,6-7H,3,5H2,1-2H3,(H,11,13);4-5H2,1-3H3,(H,9,10,11,12);8*1-2H3;;;;;;. The molecule has 0 unspecified atom stereocenters. The van der Waals surface area contributed by atoms with Gasteiger partial charge in [0.05, 0.1) is 11.7 Å². The van der Waals surface area contributed by atoms with Gasteiger partial charge in [0.15, 0.2) is 11.5 Å². The highest BCUT2D eigenvalue weighted by Crippen LogP contribution is 2.17. The van der Waals surface area contributed by atoms with Crippen molar-refractivity contribution in [3.63, 3.8) is 0 Å². The van der Waals surface area contributed by atoms with Crippen LogP contribution in [0.5, 0.6) is 0 Å². The minimum Gasteiger partial charge on any atom is -0.370 e. The van der Waals surface area contributed by atoms with Crippen LogP contribution < -0.4 is 16.0 Å². The zero-order chi connectivity index (χ0) is 45.6. The van der Waals surface area contributed by atoms with Gasteiger partial charge in [0, 0.05) is 94.1 Å². The SMILES string of the molecule is CC.CC.CC.CC.CC.CC.CC.CC.CCCNc1cc(C)n2nccc2n1.CCCNc1nc(C)nc(C)n1.CCCNc1nc(C)nc2cccnc12.[B].[B].[B].[B].[B].[B]. The number of aromatic nitrogens is 9. The smallest absolute Gasteiger partial charge is 0.226 e. The Hall–Kier alpha value is -4.09. The molecule has 5 aromatic rings. The molecule has 0 amide bonds. The van der Waals surface area contributed by atoms with Crippen molar-refractivity contribution in [2.75, 3.05) is 35.6 Å². The maximum Gasteiger partial charge on any atom is 0.226 e. The third-order valence-electron chi connectivity index (χ3n) is 5.59. The van der Waals surface area contributed by atoms with E-state index in [9.17, 15) is 0 Å². The number of nitrogens with one attached hydrogen (secondary N) is 3. The van der Waals surface area contributed by atoms with Gasteiger partial charge in [-0.25, -0.2) is 24.5 Å². The van der Waals surface area contributed by atoms with Crippen LogP contribution in [0.25, 0.3) is 16.7 Å². The van der Waals surface area contributed by atoms with E-state index in [1.54, 1.807) is 12.4 Å². The average molecular weight is 864 g/mol. The first-order valence-corrected chi connectivity index (χ1v) is 22.2. The molecule has 5 aromatic heterocycles. The number of hydrogen-bond donors (Lipinski definition) is 3. The number of rotatable bonds is 9. The van der Waals surface area contributed by atoms with Crippen LogP contribution in [0, 0.1) is 27.7 Å². The minimum atomic E-state index is 0. The van der Waals surface area contributed by atoms with Gasteiger partial charge in [-0.2, -0.15) is 15.1 Å².